The maximum absolute atomic E-state index is 10.3. The second-order valence-electron chi connectivity index (χ2n) is 13.7. The van der Waals surface area contributed by atoms with Gasteiger partial charge in [0.15, 0.2) is 16.6 Å². The van der Waals surface area contributed by atoms with Crippen LogP contribution < -0.4 is 0 Å². The summed E-state index contributed by atoms with van der Waals surface area (Å²) >= 11 is 0. The first-order chi connectivity index (χ1) is 15.6. The summed E-state index contributed by atoms with van der Waals surface area (Å²) in [7, 11) is -3.13. The van der Waals surface area contributed by atoms with E-state index in [4.69, 9.17) is 8.85 Å². The molecule has 206 valence electrons. The van der Waals surface area contributed by atoms with Gasteiger partial charge in [-0.15, -0.1) is 0 Å². The molecule has 0 aromatic heterocycles. The summed E-state index contributed by atoms with van der Waals surface area (Å²) in [6.07, 6.45) is 16.9. The Hall–Kier alpha value is 0.314. The van der Waals surface area contributed by atoms with E-state index < -0.39 is 16.6 Å². The zero-order chi connectivity index (χ0) is 26.3. The van der Waals surface area contributed by atoms with Crippen molar-refractivity contribution in [3.8, 4) is 0 Å². The predicted molar refractivity (Wildman–Crippen MR) is 157 cm³/mol. The van der Waals surface area contributed by atoms with Crippen LogP contribution in [0.15, 0.2) is 0 Å². The Balaban J connectivity index is 3.47. The lowest BCUT2D eigenvalue weighted by molar-refractivity contribution is 0.147. The van der Waals surface area contributed by atoms with Crippen molar-refractivity contribution < 1.29 is 14.0 Å². The number of rotatable bonds is 20. The highest BCUT2D eigenvalue weighted by atomic mass is 28.4. The second kappa shape index (κ2) is 16.9. The molecule has 0 aromatic rings. The molecule has 3 nitrogen and oxygen atoms in total. The molecule has 0 atom stereocenters. The SMILES string of the molecule is CC(C)(C)[Si](C)(C)OCCCCCCCCC(O)CCCCCCCCO[Si](C)(C)C(C)(C)C. The second-order valence-corrected chi connectivity index (χ2v) is 23.3. The molecule has 0 spiro atoms. The standard InChI is InChI=1S/C29H64O3Si2/c1-28(2,3)33(7,8)31-25-21-17-13-11-15-19-23-27(30)24-20-16-12-14-18-22-26-32-34(9,10)29(4,5)6/h27,30H,11-26H2,1-10H3. The first kappa shape index (κ1) is 34.3. The van der Waals surface area contributed by atoms with Gasteiger partial charge < -0.3 is 14.0 Å². The Kier molecular flexibility index (Phi) is 17.1. The van der Waals surface area contributed by atoms with Gasteiger partial charge in [-0.2, -0.15) is 0 Å². The van der Waals surface area contributed by atoms with Crippen molar-refractivity contribution in [3.63, 3.8) is 0 Å². The summed E-state index contributed by atoms with van der Waals surface area (Å²) in [6.45, 7) is 25.1. The maximum Gasteiger partial charge on any atom is 0.191 e. The number of aliphatic hydroxyl groups excluding tert-OH is 1. The van der Waals surface area contributed by atoms with Gasteiger partial charge in [-0.3, -0.25) is 0 Å². The average Bonchev–Trinajstić information content (AvgIpc) is 2.69. The minimum absolute atomic E-state index is 0.0871. The zero-order valence-corrected chi connectivity index (χ0v) is 27.2. The normalized spacial score (nSPS) is 13.8. The third kappa shape index (κ3) is 16.1. The van der Waals surface area contributed by atoms with Crippen molar-refractivity contribution in [2.75, 3.05) is 13.2 Å². The molecule has 1 N–H and O–H groups in total. The lowest BCUT2D eigenvalue weighted by Crippen LogP contribution is -2.40. The molecule has 0 saturated heterocycles. The third-order valence-corrected chi connectivity index (χ3v) is 17.5. The van der Waals surface area contributed by atoms with Gasteiger partial charge in [-0.1, -0.05) is 106 Å². The molecule has 34 heavy (non-hydrogen) atoms. The van der Waals surface area contributed by atoms with Crippen LogP contribution in [0.2, 0.25) is 36.3 Å². The molecule has 0 aliphatic heterocycles. The molecular weight excluding hydrogens is 452 g/mol. The summed E-state index contributed by atoms with van der Waals surface area (Å²) in [6, 6.07) is 0. The fourth-order valence-electron chi connectivity index (χ4n) is 3.61. The minimum atomic E-state index is -1.57. The topological polar surface area (TPSA) is 38.7 Å². The van der Waals surface area contributed by atoms with Gasteiger partial charge in [0, 0.05) is 13.2 Å². The molecule has 0 unspecified atom stereocenters. The van der Waals surface area contributed by atoms with Crippen molar-refractivity contribution in [3.05, 3.63) is 0 Å². The van der Waals surface area contributed by atoms with Crippen LogP contribution in [-0.4, -0.2) is 41.1 Å². The molecule has 0 rings (SSSR count). The highest BCUT2D eigenvalue weighted by Crippen LogP contribution is 2.37. The van der Waals surface area contributed by atoms with Crippen LogP contribution in [0.3, 0.4) is 0 Å². The highest BCUT2D eigenvalue weighted by molar-refractivity contribution is 6.74. The van der Waals surface area contributed by atoms with E-state index in [1.54, 1.807) is 0 Å². The lowest BCUT2D eigenvalue weighted by atomic mass is 10.0. The fraction of sp³-hybridized carbons (Fsp3) is 1.00. The monoisotopic (exact) mass is 516 g/mol. The van der Waals surface area contributed by atoms with Crippen molar-refractivity contribution in [1.82, 2.24) is 0 Å². The van der Waals surface area contributed by atoms with E-state index in [9.17, 15) is 5.11 Å². The van der Waals surface area contributed by atoms with Crippen molar-refractivity contribution in [1.29, 1.82) is 0 Å². The quantitative estimate of drug-likeness (QED) is 0.129. The predicted octanol–water partition coefficient (Wildman–Crippen LogP) is 9.85. The van der Waals surface area contributed by atoms with E-state index in [0.717, 1.165) is 26.1 Å². The lowest BCUT2D eigenvalue weighted by Gasteiger charge is -2.36. The van der Waals surface area contributed by atoms with Crippen LogP contribution in [0, 0.1) is 0 Å². The van der Waals surface area contributed by atoms with E-state index in [0.29, 0.717) is 10.1 Å². The Morgan fingerprint density at radius 2 is 0.765 bits per heavy atom. The summed E-state index contributed by atoms with van der Waals surface area (Å²) < 4.78 is 12.5. The fourth-order valence-corrected chi connectivity index (χ4v) is 5.79. The Labute approximate surface area is 217 Å². The number of unbranched alkanes of at least 4 members (excludes halogenated alkanes) is 10. The summed E-state index contributed by atoms with van der Waals surface area (Å²) in [5, 5.41) is 10.9. The third-order valence-electron chi connectivity index (χ3n) is 8.40. The summed E-state index contributed by atoms with van der Waals surface area (Å²) in [4.78, 5) is 0. The Morgan fingerprint density at radius 1 is 0.500 bits per heavy atom. The van der Waals surface area contributed by atoms with Crippen LogP contribution in [0.1, 0.15) is 131 Å². The van der Waals surface area contributed by atoms with Crippen LogP contribution >= 0.6 is 0 Å². The van der Waals surface area contributed by atoms with Gasteiger partial charge in [0.2, 0.25) is 0 Å². The first-order valence-corrected chi connectivity index (χ1v) is 20.4. The highest BCUT2D eigenvalue weighted by Gasteiger charge is 2.37. The van der Waals surface area contributed by atoms with Gasteiger partial charge in [0.1, 0.15) is 0 Å². The molecule has 0 heterocycles. The van der Waals surface area contributed by atoms with E-state index in [1.165, 1.54) is 77.0 Å². The van der Waals surface area contributed by atoms with Crippen LogP contribution in [-0.2, 0) is 8.85 Å². The first-order valence-electron chi connectivity index (χ1n) is 14.6. The molecule has 0 aliphatic rings. The molecular formula is C29H64O3Si2. The summed E-state index contributed by atoms with van der Waals surface area (Å²) in [5.74, 6) is 0. The van der Waals surface area contributed by atoms with Gasteiger partial charge >= 0.3 is 0 Å². The van der Waals surface area contributed by atoms with Crippen LogP contribution in [0.4, 0.5) is 0 Å². The average molecular weight is 517 g/mol. The molecule has 0 amide bonds. The molecule has 0 saturated carbocycles. The van der Waals surface area contributed by atoms with Gasteiger partial charge in [0.05, 0.1) is 6.10 Å². The number of hydrogen-bond acceptors (Lipinski definition) is 3. The van der Waals surface area contributed by atoms with E-state index in [-0.39, 0.29) is 6.10 Å². The van der Waals surface area contributed by atoms with E-state index in [2.05, 4.69) is 67.7 Å². The van der Waals surface area contributed by atoms with Crippen molar-refractivity contribution in [2.45, 2.75) is 174 Å². The minimum Gasteiger partial charge on any atom is -0.417 e. The van der Waals surface area contributed by atoms with Crippen LogP contribution in [0.5, 0.6) is 0 Å². The molecule has 0 bridgehead atoms. The van der Waals surface area contributed by atoms with E-state index >= 15 is 0 Å². The smallest absolute Gasteiger partial charge is 0.191 e. The van der Waals surface area contributed by atoms with Crippen LogP contribution in [0.25, 0.3) is 0 Å². The zero-order valence-electron chi connectivity index (χ0n) is 25.2. The van der Waals surface area contributed by atoms with Gasteiger partial charge in [0.25, 0.3) is 0 Å². The van der Waals surface area contributed by atoms with Gasteiger partial charge in [-0.05, 0) is 61.9 Å². The molecule has 0 aliphatic carbocycles. The molecule has 0 fully saturated rings. The number of hydrogen-bond donors (Lipinski definition) is 1. The molecule has 0 radical (unpaired) electrons. The van der Waals surface area contributed by atoms with Crippen molar-refractivity contribution >= 4 is 16.6 Å². The molecule has 5 heteroatoms. The molecule has 0 aromatic carbocycles. The number of aliphatic hydroxyl groups is 1. The van der Waals surface area contributed by atoms with Crippen molar-refractivity contribution in [2.24, 2.45) is 0 Å². The Morgan fingerprint density at radius 3 is 1.06 bits per heavy atom. The summed E-state index contributed by atoms with van der Waals surface area (Å²) in [5.41, 5.74) is 0. The Bertz CT molecular complexity index is 449. The maximum atomic E-state index is 10.3. The van der Waals surface area contributed by atoms with Gasteiger partial charge in [-0.25, -0.2) is 0 Å². The van der Waals surface area contributed by atoms with E-state index in [1.807, 2.05) is 0 Å². The largest absolute Gasteiger partial charge is 0.417 e.